The maximum Gasteiger partial charge on any atom is 0.306 e. The molecule has 0 aromatic heterocycles. The Hall–Kier alpha value is -1.82. The fourth-order valence-electron chi connectivity index (χ4n) is 3.79. The minimum atomic E-state index is -0.611. The van der Waals surface area contributed by atoms with E-state index in [1.807, 2.05) is 18.2 Å². The van der Waals surface area contributed by atoms with Crippen LogP contribution in [0.4, 0.5) is 0 Å². The van der Waals surface area contributed by atoms with Gasteiger partial charge in [-0.05, 0) is 49.5 Å². The minimum absolute atomic E-state index is 0.0477. The van der Waals surface area contributed by atoms with E-state index in [9.17, 15) is 15.0 Å². The molecule has 2 unspecified atom stereocenters. The standard InChI is InChI=1S/C22H27ClO5/c23-15-6-5-7-16(12-15)27-14-17-10-11-19-18(20(24)13-21(19)25)8-3-1-2-4-9-22(26)28-17/h1,3,5-7,10-12,17-21,24-25H,2,4,8-9,13-14H2/b3-1-,11-10+/t17-,18?,19?,20-,21+/m0/s1. The quantitative estimate of drug-likeness (QED) is 0.591. The number of hydrogen-bond donors (Lipinski definition) is 2. The molecule has 0 spiro atoms. The molecule has 1 aliphatic heterocycles. The number of halogens is 1. The third kappa shape index (κ3) is 5.84. The Labute approximate surface area is 170 Å². The number of fused-ring (bicyclic) bond motifs is 1. The molecule has 6 heteroatoms. The third-order valence-electron chi connectivity index (χ3n) is 5.28. The first-order valence-electron chi connectivity index (χ1n) is 9.80. The maximum absolute atomic E-state index is 12.2. The van der Waals surface area contributed by atoms with E-state index in [1.165, 1.54) is 0 Å². The number of benzene rings is 1. The summed E-state index contributed by atoms with van der Waals surface area (Å²) < 4.78 is 11.3. The highest BCUT2D eigenvalue weighted by molar-refractivity contribution is 6.30. The highest BCUT2D eigenvalue weighted by Crippen LogP contribution is 2.36. The zero-order chi connectivity index (χ0) is 19.9. The van der Waals surface area contributed by atoms with E-state index in [-0.39, 0.29) is 24.4 Å². The largest absolute Gasteiger partial charge is 0.489 e. The fraction of sp³-hybridized carbons (Fsp3) is 0.500. The first-order valence-corrected chi connectivity index (χ1v) is 10.2. The molecule has 2 N–H and O–H groups in total. The van der Waals surface area contributed by atoms with Gasteiger partial charge in [0.05, 0.1) is 12.2 Å². The molecule has 28 heavy (non-hydrogen) atoms. The summed E-state index contributed by atoms with van der Waals surface area (Å²) >= 11 is 5.98. The summed E-state index contributed by atoms with van der Waals surface area (Å²) in [4.78, 5) is 12.2. The van der Waals surface area contributed by atoms with Crippen LogP contribution in [0.5, 0.6) is 5.75 Å². The molecule has 5 atom stereocenters. The molecule has 1 heterocycles. The van der Waals surface area contributed by atoms with Crippen LogP contribution >= 0.6 is 11.6 Å². The van der Waals surface area contributed by atoms with Crippen molar-refractivity contribution < 1.29 is 24.5 Å². The predicted octanol–water partition coefficient (Wildman–Crippen LogP) is 3.67. The first kappa shape index (κ1) is 20.9. The Morgan fingerprint density at radius 1 is 1.18 bits per heavy atom. The molecule has 0 saturated heterocycles. The van der Waals surface area contributed by atoms with Crippen LogP contribution in [0.3, 0.4) is 0 Å². The van der Waals surface area contributed by atoms with E-state index in [0.29, 0.717) is 36.5 Å². The number of rotatable bonds is 3. The number of aliphatic hydroxyl groups excluding tert-OH is 2. The summed E-state index contributed by atoms with van der Waals surface area (Å²) in [6, 6.07) is 7.04. The Kier molecular flexibility index (Phi) is 7.54. The molecule has 152 valence electrons. The van der Waals surface area contributed by atoms with Crippen LogP contribution in [0.2, 0.25) is 5.02 Å². The van der Waals surface area contributed by atoms with Crippen molar-refractivity contribution in [2.75, 3.05) is 6.61 Å². The van der Waals surface area contributed by atoms with Crippen molar-refractivity contribution in [3.8, 4) is 5.75 Å². The van der Waals surface area contributed by atoms with Crippen LogP contribution in [-0.4, -0.2) is 41.1 Å². The van der Waals surface area contributed by atoms with Crippen molar-refractivity contribution in [3.05, 3.63) is 53.6 Å². The summed E-state index contributed by atoms with van der Waals surface area (Å²) in [7, 11) is 0. The lowest BCUT2D eigenvalue weighted by molar-refractivity contribution is -0.148. The SMILES string of the molecule is O=C1CCC/C=C\CC2C(/C=C/[C@@H](COc3cccc(Cl)c3)O1)[C@H](O)C[C@@H]2O. The molecular weight excluding hydrogens is 380 g/mol. The summed E-state index contributed by atoms with van der Waals surface area (Å²) in [6.07, 6.45) is 8.85. The molecule has 1 aromatic rings. The molecule has 1 saturated carbocycles. The van der Waals surface area contributed by atoms with Gasteiger partial charge in [0.2, 0.25) is 0 Å². The van der Waals surface area contributed by atoms with E-state index in [1.54, 1.807) is 30.3 Å². The van der Waals surface area contributed by atoms with Crippen molar-refractivity contribution in [2.24, 2.45) is 11.8 Å². The first-order chi connectivity index (χ1) is 13.5. The van der Waals surface area contributed by atoms with E-state index in [0.717, 1.165) is 6.42 Å². The summed E-state index contributed by atoms with van der Waals surface area (Å²) in [5.74, 6) is 0.0834. The Bertz CT molecular complexity index is 717. The van der Waals surface area contributed by atoms with E-state index < -0.39 is 18.3 Å². The lowest BCUT2D eigenvalue weighted by Crippen LogP contribution is -2.25. The summed E-state index contributed by atoms with van der Waals surface area (Å²) in [5, 5.41) is 21.2. The van der Waals surface area contributed by atoms with Crippen molar-refractivity contribution in [1.82, 2.24) is 0 Å². The van der Waals surface area contributed by atoms with Gasteiger partial charge < -0.3 is 19.7 Å². The molecule has 1 aliphatic carbocycles. The second-order valence-corrected chi connectivity index (χ2v) is 7.83. The predicted molar refractivity (Wildman–Crippen MR) is 107 cm³/mol. The molecule has 1 aromatic carbocycles. The molecule has 0 amide bonds. The molecule has 0 radical (unpaired) electrons. The highest BCUT2D eigenvalue weighted by Gasteiger charge is 2.39. The van der Waals surface area contributed by atoms with Crippen molar-refractivity contribution >= 4 is 17.6 Å². The van der Waals surface area contributed by atoms with Gasteiger partial charge in [-0.2, -0.15) is 0 Å². The van der Waals surface area contributed by atoms with Crippen molar-refractivity contribution in [1.29, 1.82) is 0 Å². The molecule has 0 bridgehead atoms. The Morgan fingerprint density at radius 2 is 2.04 bits per heavy atom. The van der Waals surface area contributed by atoms with Crippen molar-refractivity contribution in [3.63, 3.8) is 0 Å². The second-order valence-electron chi connectivity index (χ2n) is 7.39. The smallest absolute Gasteiger partial charge is 0.306 e. The van der Waals surface area contributed by atoms with Gasteiger partial charge in [0.15, 0.2) is 6.10 Å². The van der Waals surface area contributed by atoms with E-state index in [4.69, 9.17) is 21.1 Å². The molecular formula is C22H27ClO5. The summed E-state index contributed by atoms with van der Waals surface area (Å²) in [6.45, 7) is 0.150. The lowest BCUT2D eigenvalue weighted by atomic mass is 9.89. The van der Waals surface area contributed by atoms with Crippen LogP contribution in [0.1, 0.15) is 32.1 Å². The van der Waals surface area contributed by atoms with Gasteiger partial charge in [-0.3, -0.25) is 4.79 Å². The van der Waals surface area contributed by atoms with Gasteiger partial charge in [-0.1, -0.05) is 35.9 Å². The number of esters is 1. The van der Waals surface area contributed by atoms with Crippen LogP contribution in [0.25, 0.3) is 0 Å². The maximum atomic E-state index is 12.2. The minimum Gasteiger partial charge on any atom is -0.489 e. The number of cyclic esters (lactones) is 1. The van der Waals surface area contributed by atoms with Crippen LogP contribution in [0, 0.1) is 11.8 Å². The van der Waals surface area contributed by atoms with Gasteiger partial charge >= 0.3 is 5.97 Å². The fourth-order valence-corrected chi connectivity index (χ4v) is 3.97. The highest BCUT2D eigenvalue weighted by atomic mass is 35.5. The Balaban J connectivity index is 1.73. The van der Waals surface area contributed by atoms with Crippen LogP contribution < -0.4 is 4.74 Å². The molecule has 1 fully saturated rings. The van der Waals surface area contributed by atoms with E-state index in [2.05, 4.69) is 0 Å². The number of allylic oxidation sites excluding steroid dienone is 2. The second kappa shape index (κ2) is 10.1. The summed E-state index contributed by atoms with van der Waals surface area (Å²) in [5.41, 5.74) is 0. The Morgan fingerprint density at radius 3 is 2.86 bits per heavy atom. The molecule has 2 aliphatic rings. The zero-order valence-electron chi connectivity index (χ0n) is 15.7. The zero-order valence-corrected chi connectivity index (χ0v) is 16.5. The molecule has 5 nitrogen and oxygen atoms in total. The average Bonchev–Trinajstić information content (AvgIpc) is 2.93. The van der Waals surface area contributed by atoms with Crippen LogP contribution in [-0.2, 0) is 9.53 Å². The number of ether oxygens (including phenoxy) is 2. The van der Waals surface area contributed by atoms with Gasteiger partial charge in [-0.25, -0.2) is 0 Å². The topological polar surface area (TPSA) is 76.0 Å². The molecule has 3 rings (SSSR count). The number of carbonyl (C=O) groups is 1. The van der Waals surface area contributed by atoms with E-state index >= 15 is 0 Å². The van der Waals surface area contributed by atoms with Gasteiger partial charge in [0.25, 0.3) is 0 Å². The monoisotopic (exact) mass is 406 g/mol. The van der Waals surface area contributed by atoms with Gasteiger partial charge in [-0.15, -0.1) is 0 Å². The van der Waals surface area contributed by atoms with Gasteiger partial charge in [0.1, 0.15) is 12.4 Å². The lowest BCUT2D eigenvalue weighted by Gasteiger charge is -2.20. The average molecular weight is 407 g/mol. The number of hydrogen-bond acceptors (Lipinski definition) is 5. The van der Waals surface area contributed by atoms with Crippen LogP contribution in [0.15, 0.2) is 48.6 Å². The number of carbonyl (C=O) groups excluding carboxylic acids is 1. The third-order valence-corrected chi connectivity index (χ3v) is 5.52. The van der Waals surface area contributed by atoms with Gasteiger partial charge in [0, 0.05) is 23.8 Å². The van der Waals surface area contributed by atoms with Crippen molar-refractivity contribution in [2.45, 2.75) is 50.4 Å². The number of aliphatic hydroxyl groups is 2. The normalized spacial score (nSPS) is 33.5.